The zero-order valence-corrected chi connectivity index (χ0v) is 10.5. The van der Waals surface area contributed by atoms with Crippen LogP contribution in [0.2, 0.25) is 0 Å². The fourth-order valence-corrected chi connectivity index (χ4v) is 2.07. The fourth-order valence-electron chi connectivity index (χ4n) is 2.07. The van der Waals surface area contributed by atoms with E-state index in [2.05, 4.69) is 10.1 Å². The van der Waals surface area contributed by atoms with Gasteiger partial charge in [-0.3, -0.25) is 0 Å². The standard InChI is InChI=1S/C14H11FN4O2/c1-7-2-3-9(12(15)11(7)13(20)21)8-4-5-19-10(6-8)17-14(16)18-19/h2-6H,1H3,(H2,16,18)(H,20,21)/i1D3. The minimum atomic E-state index is -2.74. The maximum atomic E-state index is 14.7. The second kappa shape index (κ2) is 4.55. The molecule has 106 valence electrons. The number of carboxylic acid groups (broad SMARTS) is 1. The van der Waals surface area contributed by atoms with Crippen LogP contribution in [0.3, 0.4) is 0 Å². The van der Waals surface area contributed by atoms with Crippen molar-refractivity contribution >= 4 is 17.6 Å². The number of benzene rings is 1. The molecule has 0 spiro atoms. The number of anilines is 1. The molecule has 3 N–H and O–H groups in total. The van der Waals surface area contributed by atoms with Crippen LogP contribution in [-0.4, -0.2) is 25.7 Å². The molecular formula is C14H11FN4O2. The minimum absolute atomic E-state index is 0.0385. The average Bonchev–Trinajstić information content (AvgIpc) is 2.84. The van der Waals surface area contributed by atoms with Gasteiger partial charge in [0.05, 0.1) is 5.56 Å². The van der Waals surface area contributed by atoms with E-state index < -0.39 is 29.8 Å². The second-order valence-corrected chi connectivity index (χ2v) is 4.34. The summed E-state index contributed by atoms with van der Waals surface area (Å²) in [6.07, 6.45) is 1.49. The van der Waals surface area contributed by atoms with Gasteiger partial charge in [-0.2, -0.15) is 4.98 Å². The number of nitrogens with two attached hydrogens (primary N) is 1. The van der Waals surface area contributed by atoms with Crippen LogP contribution in [0.4, 0.5) is 10.3 Å². The lowest BCUT2D eigenvalue weighted by Gasteiger charge is -2.08. The normalized spacial score (nSPS) is 13.7. The second-order valence-electron chi connectivity index (χ2n) is 4.34. The number of pyridine rings is 1. The molecule has 1 aromatic carbocycles. The van der Waals surface area contributed by atoms with Crippen LogP contribution in [0.1, 0.15) is 20.0 Å². The van der Waals surface area contributed by atoms with Crippen molar-refractivity contribution in [3.63, 3.8) is 0 Å². The molecule has 0 unspecified atom stereocenters. The predicted molar refractivity (Wildman–Crippen MR) is 74.5 cm³/mol. The van der Waals surface area contributed by atoms with Gasteiger partial charge in [0.25, 0.3) is 0 Å². The number of carboxylic acids is 1. The van der Waals surface area contributed by atoms with Crippen molar-refractivity contribution in [3.8, 4) is 11.1 Å². The molecule has 0 saturated heterocycles. The number of fused-ring (bicyclic) bond motifs is 1. The lowest BCUT2D eigenvalue weighted by Crippen LogP contribution is -2.05. The monoisotopic (exact) mass is 289 g/mol. The highest BCUT2D eigenvalue weighted by atomic mass is 19.1. The van der Waals surface area contributed by atoms with Gasteiger partial charge in [0.15, 0.2) is 5.65 Å². The van der Waals surface area contributed by atoms with Crippen molar-refractivity contribution in [2.24, 2.45) is 0 Å². The molecule has 0 atom stereocenters. The molecule has 7 heteroatoms. The van der Waals surface area contributed by atoms with Crippen LogP contribution >= 0.6 is 0 Å². The number of carbonyl (C=O) groups is 1. The Balaban J connectivity index is 2.23. The largest absolute Gasteiger partial charge is 0.478 e. The summed E-state index contributed by atoms with van der Waals surface area (Å²) in [6, 6.07) is 5.30. The number of hydrogen-bond donors (Lipinski definition) is 2. The third-order valence-corrected chi connectivity index (χ3v) is 3.02. The third-order valence-electron chi connectivity index (χ3n) is 3.02. The molecule has 3 aromatic rings. The summed E-state index contributed by atoms with van der Waals surface area (Å²) in [5, 5.41) is 13.1. The number of halogens is 1. The maximum Gasteiger partial charge on any atom is 0.338 e. The summed E-state index contributed by atoms with van der Waals surface area (Å²) in [5.41, 5.74) is 4.69. The number of aryl methyl sites for hydroxylation is 1. The van der Waals surface area contributed by atoms with Crippen molar-refractivity contribution in [1.29, 1.82) is 0 Å². The molecule has 2 aromatic heterocycles. The van der Waals surface area contributed by atoms with E-state index in [0.29, 0.717) is 11.2 Å². The lowest BCUT2D eigenvalue weighted by molar-refractivity contribution is 0.0691. The summed E-state index contributed by atoms with van der Waals surface area (Å²) in [4.78, 5) is 15.3. The zero-order chi connectivity index (χ0) is 17.6. The highest BCUT2D eigenvalue weighted by Crippen LogP contribution is 2.27. The van der Waals surface area contributed by atoms with Crippen molar-refractivity contribution < 1.29 is 18.4 Å². The molecule has 0 saturated carbocycles. The minimum Gasteiger partial charge on any atom is -0.478 e. The smallest absolute Gasteiger partial charge is 0.338 e. The molecule has 3 rings (SSSR count). The Morgan fingerprint density at radius 3 is 3.00 bits per heavy atom. The van der Waals surface area contributed by atoms with Gasteiger partial charge in [-0.25, -0.2) is 13.7 Å². The molecule has 6 nitrogen and oxygen atoms in total. The zero-order valence-electron chi connectivity index (χ0n) is 13.5. The predicted octanol–water partition coefficient (Wildman–Crippen LogP) is 2.12. The molecule has 21 heavy (non-hydrogen) atoms. The summed E-state index contributed by atoms with van der Waals surface area (Å²) in [5.74, 6) is -2.72. The van der Waals surface area contributed by atoms with Crippen LogP contribution in [0.15, 0.2) is 30.5 Å². The van der Waals surface area contributed by atoms with Crippen LogP contribution in [0, 0.1) is 12.7 Å². The van der Waals surface area contributed by atoms with Gasteiger partial charge >= 0.3 is 5.97 Å². The van der Waals surface area contributed by atoms with E-state index in [-0.39, 0.29) is 11.5 Å². The number of aromatic nitrogens is 3. The first kappa shape index (κ1) is 9.87. The van der Waals surface area contributed by atoms with E-state index in [1.807, 2.05) is 0 Å². The van der Waals surface area contributed by atoms with Crippen LogP contribution in [0.5, 0.6) is 0 Å². The topological polar surface area (TPSA) is 93.5 Å². The average molecular weight is 289 g/mol. The highest BCUT2D eigenvalue weighted by Gasteiger charge is 2.18. The maximum absolute atomic E-state index is 14.7. The van der Waals surface area contributed by atoms with E-state index in [9.17, 15) is 14.3 Å². The van der Waals surface area contributed by atoms with E-state index >= 15 is 0 Å². The molecule has 2 heterocycles. The first-order valence-corrected chi connectivity index (χ1v) is 5.87. The first-order chi connectivity index (χ1) is 11.2. The highest BCUT2D eigenvalue weighted by molar-refractivity contribution is 5.91. The quantitative estimate of drug-likeness (QED) is 0.753. The Labute approximate surface area is 122 Å². The molecular weight excluding hydrogens is 275 g/mol. The summed E-state index contributed by atoms with van der Waals surface area (Å²) < 4.78 is 38.2. The SMILES string of the molecule is [2H]C([2H])([2H])c1ccc(-c2ccn3nc(N)nc3c2)c(F)c1C(=O)O. The molecule has 0 amide bonds. The number of nitrogen functional groups attached to an aromatic ring is 1. The van der Waals surface area contributed by atoms with Crippen molar-refractivity contribution in [1.82, 2.24) is 14.6 Å². The fraction of sp³-hybridized carbons (Fsp3) is 0.0714. The molecule has 0 fully saturated rings. The van der Waals surface area contributed by atoms with E-state index in [4.69, 9.17) is 9.85 Å². The summed E-state index contributed by atoms with van der Waals surface area (Å²) in [6.45, 7) is -2.74. The van der Waals surface area contributed by atoms with Gasteiger partial charge in [-0.15, -0.1) is 5.10 Å². The Morgan fingerprint density at radius 1 is 1.48 bits per heavy atom. The summed E-state index contributed by atoms with van der Waals surface area (Å²) >= 11 is 0. The van der Waals surface area contributed by atoms with Gasteiger partial charge in [0.1, 0.15) is 5.82 Å². The van der Waals surface area contributed by atoms with Gasteiger partial charge in [0.2, 0.25) is 5.95 Å². The number of hydrogen-bond acceptors (Lipinski definition) is 4. The van der Waals surface area contributed by atoms with Crippen molar-refractivity contribution in [2.45, 2.75) is 6.85 Å². The Kier molecular flexibility index (Phi) is 2.14. The third kappa shape index (κ3) is 2.08. The lowest BCUT2D eigenvalue weighted by atomic mass is 9.99. The van der Waals surface area contributed by atoms with Crippen molar-refractivity contribution in [2.75, 3.05) is 5.73 Å². The first-order valence-electron chi connectivity index (χ1n) is 7.37. The van der Waals surface area contributed by atoms with Gasteiger partial charge in [0, 0.05) is 15.9 Å². The van der Waals surface area contributed by atoms with E-state index in [1.165, 1.54) is 28.9 Å². The van der Waals surface area contributed by atoms with Gasteiger partial charge in [-0.1, -0.05) is 12.1 Å². The van der Waals surface area contributed by atoms with Gasteiger partial charge < -0.3 is 10.8 Å². The Morgan fingerprint density at radius 2 is 2.29 bits per heavy atom. The van der Waals surface area contributed by atoms with E-state index in [0.717, 1.165) is 6.07 Å². The van der Waals surface area contributed by atoms with Crippen LogP contribution < -0.4 is 5.73 Å². The van der Waals surface area contributed by atoms with Crippen LogP contribution in [0.25, 0.3) is 16.8 Å². The summed E-state index contributed by atoms with van der Waals surface area (Å²) in [7, 11) is 0. The van der Waals surface area contributed by atoms with Gasteiger partial charge in [-0.05, 0) is 30.1 Å². The van der Waals surface area contributed by atoms with Crippen LogP contribution in [-0.2, 0) is 0 Å². The van der Waals surface area contributed by atoms with Crippen molar-refractivity contribution in [3.05, 3.63) is 47.4 Å². The van der Waals surface area contributed by atoms with E-state index in [1.54, 1.807) is 0 Å². The molecule has 0 aliphatic heterocycles. The molecule has 0 radical (unpaired) electrons. The Hall–Kier alpha value is -2.96. The Bertz CT molecular complexity index is 969. The molecule has 0 aliphatic rings. The molecule has 0 aliphatic carbocycles. The molecule has 0 bridgehead atoms. The number of nitrogens with zero attached hydrogens (tertiary/aromatic N) is 3. The number of rotatable bonds is 2. The number of aromatic carboxylic acids is 1.